The van der Waals surface area contributed by atoms with Crippen LogP contribution in [-0.4, -0.2) is 4.57 Å². The van der Waals surface area contributed by atoms with Gasteiger partial charge in [0.1, 0.15) is 5.69 Å². The first-order valence-electron chi connectivity index (χ1n) is 12.0. The highest BCUT2D eigenvalue weighted by atomic mass is 15.2. The Hall–Kier alpha value is -3.39. The van der Waals surface area contributed by atoms with Crippen LogP contribution in [-0.2, 0) is 7.05 Å². The molecule has 0 amide bonds. The van der Waals surface area contributed by atoms with Gasteiger partial charge in [0.05, 0.1) is 12.6 Å². The minimum absolute atomic E-state index is 0.418. The third-order valence-corrected chi connectivity index (χ3v) is 6.95. The van der Waals surface area contributed by atoms with Gasteiger partial charge in [-0.25, -0.2) is 4.57 Å². The number of benzene rings is 4. The highest BCUT2D eigenvalue weighted by Crippen LogP contribution is 2.35. The number of imidazole rings is 1. The highest BCUT2D eigenvalue weighted by molar-refractivity contribution is 6.03. The maximum Gasteiger partial charge on any atom is 0.295 e. The zero-order valence-electron chi connectivity index (χ0n) is 20.6. The molecular weight excluding hydrogens is 400 g/mol. The van der Waals surface area contributed by atoms with E-state index >= 15 is 0 Å². The molecule has 2 heteroatoms. The van der Waals surface area contributed by atoms with Gasteiger partial charge in [-0.1, -0.05) is 82.3 Å². The van der Waals surface area contributed by atoms with Gasteiger partial charge in [0.2, 0.25) is 0 Å². The molecule has 0 N–H and O–H groups in total. The Morgan fingerprint density at radius 1 is 0.697 bits per heavy atom. The topological polar surface area (TPSA) is 8.81 Å². The molecule has 0 saturated carbocycles. The Balaban J connectivity index is 2.08. The van der Waals surface area contributed by atoms with Crippen LogP contribution in [0.3, 0.4) is 0 Å². The van der Waals surface area contributed by atoms with Crippen LogP contribution in [0.1, 0.15) is 56.2 Å². The summed E-state index contributed by atoms with van der Waals surface area (Å²) in [6.45, 7) is 11.4. The summed E-state index contributed by atoms with van der Waals surface area (Å²) < 4.78 is 4.94. The molecule has 166 valence electrons. The van der Waals surface area contributed by atoms with Crippen molar-refractivity contribution in [1.82, 2.24) is 4.57 Å². The fraction of sp³-hybridized carbons (Fsp3) is 0.258. The van der Waals surface area contributed by atoms with Crippen LogP contribution >= 0.6 is 0 Å². The first-order chi connectivity index (χ1) is 15.9. The molecule has 0 aliphatic rings. The lowest BCUT2D eigenvalue weighted by Crippen LogP contribution is -2.36. The summed E-state index contributed by atoms with van der Waals surface area (Å²) in [4.78, 5) is 0. The second kappa shape index (κ2) is 8.19. The zero-order chi connectivity index (χ0) is 23.3. The van der Waals surface area contributed by atoms with Gasteiger partial charge in [0.25, 0.3) is 5.82 Å². The summed E-state index contributed by atoms with van der Waals surface area (Å²) in [5.41, 5.74) is 9.21. The maximum absolute atomic E-state index is 2.56. The molecule has 0 saturated heterocycles. The number of para-hydroxylation sites is 1. The van der Waals surface area contributed by atoms with Gasteiger partial charge < -0.3 is 0 Å². The van der Waals surface area contributed by atoms with Gasteiger partial charge in [0, 0.05) is 16.5 Å². The van der Waals surface area contributed by atoms with Crippen molar-refractivity contribution in [3.05, 3.63) is 95.6 Å². The summed E-state index contributed by atoms with van der Waals surface area (Å²) in [7, 11) is 2.21. The second-order valence-electron chi connectivity index (χ2n) is 9.78. The molecule has 0 aliphatic heterocycles. The summed E-state index contributed by atoms with van der Waals surface area (Å²) in [6, 6.07) is 28.9. The molecular formula is C31H33N2+. The van der Waals surface area contributed by atoms with E-state index in [1.54, 1.807) is 0 Å². The number of aromatic nitrogens is 2. The predicted octanol–water partition coefficient (Wildman–Crippen LogP) is 7.83. The minimum atomic E-state index is 0.418. The van der Waals surface area contributed by atoms with Crippen molar-refractivity contribution in [2.75, 3.05) is 0 Å². The SMILES string of the molecule is Cc1ccccc1-c1n(C)c2ccc3ccccc3c2[n+]1-c1c(C(C)C)cccc1C(C)C. The third kappa shape index (κ3) is 3.36. The van der Waals surface area contributed by atoms with E-state index in [0.717, 1.165) is 0 Å². The normalized spacial score (nSPS) is 11.9. The van der Waals surface area contributed by atoms with Crippen LogP contribution in [0.4, 0.5) is 0 Å². The average molecular weight is 434 g/mol. The zero-order valence-corrected chi connectivity index (χ0v) is 20.6. The number of aryl methyl sites for hydroxylation is 2. The number of nitrogens with zero attached hydrogens (tertiary/aromatic N) is 2. The molecule has 0 radical (unpaired) electrons. The lowest BCUT2D eigenvalue weighted by atomic mass is 9.92. The molecule has 33 heavy (non-hydrogen) atoms. The summed E-state index contributed by atoms with van der Waals surface area (Å²) in [5.74, 6) is 2.07. The van der Waals surface area contributed by atoms with E-state index in [1.807, 2.05) is 0 Å². The maximum atomic E-state index is 2.56. The second-order valence-corrected chi connectivity index (χ2v) is 9.78. The van der Waals surface area contributed by atoms with Gasteiger partial charge in [-0.15, -0.1) is 0 Å². The molecule has 5 rings (SSSR count). The number of hydrogen-bond acceptors (Lipinski definition) is 0. The van der Waals surface area contributed by atoms with E-state index in [1.165, 1.54) is 55.6 Å². The fourth-order valence-corrected chi connectivity index (χ4v) is 5.23. The third-order valence-electron chi connectivity index (χ3n) is 6.95. The van der Waals surface area contributed by atoms with Crippen LogP contribution in [0.15, 0.2) is 78.9 Å². The molecule has 0 spiro atoms. The van der Waals surface area contributed by atoms with Crippen molar-refractivity contribution in [1.29, 1.82) is 0 Å². The van der Waals surface area contributed by atoms with Crippen LogP contribution in [0, 0.1) is 6.92 Å². The smallest absolute Gasteiger partial charge is 0.225 e. The molecule has 0 atom stereocenters. The molecule has 5 aromatic rings. The van der Waals surface area contributed by atoms with Gasteiger partial charge >= 0.3 is 0 Å². The largest absolute Gasteiger partial charge is 0.295 e. The number of hydrogen-bond donors (Lipinski definition) is 0. The number of fused-ring (bicyclic) bond motifs is 3. The van der Waals surface area contributed by atoms with Gasteiger partial charge in [-0.05, 0) is 54.0 Å². The van der Waals surface area contributed by atoms with Crippen LogP contribution in [0.25, 0.3) is 38.9 Å². The van der Waals surface area contributed by atoms with E-state index in [0.29, 0.717) is 11.8 Å². The molecule has 1 heterocycles. The summed E-state index contributed by atoms with van der Waals surface area (Å²) in [5, 5.41) is 2.56. The standard InChI is InChI=1S/C31H33N2/c1-20(2)24-16-11-17-25(21(3)4)29(24)33-30-27-15-10-8-13-23(27)18-19-28(30)32(6)31(33)26-14-9-7-12-22(26)5/h7-21H,1-6H3/q+1. The van der Waals surface area contributed by atoms with Gasteiger partial charge in [-0.3, -0.25) is 0 Å². The van der Waals surface area contributed by atoms with Crippen LogP contribution in [0.2, 0.25) is 0 Å². The lowest BCUT2D eigenvalue weighted by Gasteiger charge is -2.18. The van der Waals surface area contributed by atoms with Crippen molar-refractivity contribution in [3.63, 3.8) is 0 Å². The Labute approximate surface area is 197 Å². The Morgan fingerprint density at radius 2 is 1.33 bits per heavy atom. The van der Waals surface area contributed by atoms with Crippen LogP contribution in [0.5, 0.6) is 0 Å². The van der Waals surface area contributed by atoms with Crippen molar-refractivity contribution in [3.8, 4) is 17.1 Å². The Bertz CT molecular complexity index is 1460. The molecule has 0 unspecified atom stereocenters. The molecule has 0 aliphatic carbocycles. The van der Waals surface area contributed by atoms with Gasteiger partial charge in [0.15, 0.2) is 11.0 Å². The minimum Gasteiger partial charge on any atom is -0.225 e. The van der Waals surface area contributed by atoms with Crippen molar-refractivity contribution in [2.24, 2.45) is 7.05 Å². The predicted molar refractivity (Wildman–Crippen MR) is 140 cm³/mol. The molecule has 0 fully saturated rings. The monoisotopic (exact) mass is 433 g/mol. The number of rotatable bonds is 4. The quantitative estimate of drug-likeness (QED) is 0.255. The Kier molecular flexibility index (Phi) is 5.32. The van der Waals surface area contributed by atoms with E-state index in [-0.39, 0.29) is 0 Å². The fourth-order valence-electron chi connectivity index (χ4n) is 5.23. The van der Waals surface area contributed by atoms with E-state index in [9.17, 15) is 0 Å². The first kappa shape index (κ1) is 21.5. The van der Waals surface area contributed by atoms with Crippen molar-refractivity contribution in [2.45, 2.75) is 46.5 Å². The van der Waals surface area contributed by atoms with Crippen molar-refractivity contribution < 1.29 is 4.57 Å². The van der Waals surface area contributed by atoms with E-state index in [4.69, 9.17) is 0 Å². The van der Waals surface area contributed by atoms with Gasteiger partial charge in [-0.2, -0.15) is 4.57 Å². The van der Waals surface area contributed by atoms with E-state index < -0.39 is 0 Å². The summed E-state index contributed by atoms with van der Waals surface area (Å²) in [6.07, 6.45) is 0. The molecule has 4 aromatic carbocycles. The average Bonchev–Trinajstić information content (AvgIpc) is 3.11. The summed E-state index contributed by atoms with van der Waals surface area (Å²) >= 11 is 0. The molecule has 1 aromatic heterocycles. The molecule has 2 nitrogen and oxygen atoms in total. The first-order valence-corrected chi connectivity index (χ1v) is 12.0. The van der Waals surface area contributed by atoms with Crippen LogP contribution < -0.4 is 4.57 Å². The lowest BCUT2D eigenvalue weighted by molar-refractivity contribution is -0.556. The highest BCUT2D eigenvalue weighted by Gasteiger charge is 2.32. The van der Waals surface area contributed by atoms with Crippen molar-refractivity contribution >= 4 is 21.8 Å². The van der Waals surface area contributed by atoms with E-state index in [2.05, 4.69) is 130 Å². The Morgan fingerprint density at radius 3 is 2.00 bits per heavy atom. The molecule has 0 bridgehead atoms.